The number of anilines is 2. The highest BCUT2D eigenvalue weighted by molar-refractivity contribution is 7.13. The van der Waals surface area contributed by atoms with E-state index in [1.807, 2.05) is 36.6 Å². The summed E-state index contributed by atoms with van der Waals surface area (Å²) < 4.78 is 0. The van der Waals surface area contributed by atoms with Crippen molar-refractivity contribution in [1.82, 2.24) is 4.98 Å². The van der Waals surface area contributed by atoms with Crippen molar-refractivity contribution in [3.63, 3.8) is 0 Å². The molecule has 6 heteroatoms. The van der Waals surface area contributed by atoms with Crippen molar-refractivity contribution >= 4 is 34.3 Å². The van der Waals surface area contributed by atoms with E-state index < -0.39 is 0 Å². The van der Waals surface area contributed by atoms with Crippen molar-refractivity contribution in [3.05, 3.63) is 40.9 Å². The van der Waals surface area contributed by atoms with Gasteiger partial charge in [-0.2, -0.15) is 5.10 Å². The lowest BCUT2D eigenvalue weighted by atomic mass is 10.2. The lowest BCUT2D eigenvalue weighted by molar-refractivity contribution is -0.114. The van der Waals surface area contributed by atoms with E-state index in [0.29, 0.717) is 0 Å². The van der Waals surface area contributed by atoms with Crippen LogP contribution in [0.4, 0.5) is 10.8 Å². The molecule has 2 rings (SSSR count). The number of para-hydroxylation sites is 1. The molecule has 0 atom stereocenters. The lowest BCUT2D eigenvalue weighted by Crippen LogP contribution is -2.08. The van der Waals surface area contributed by atoms with E-state index in [0.717, 1.165) is 22.1 Å². The van der Waals surface area contributed by atoms with Gasteiger partial charge in [-0.05, 0) is 13.0 Å². The van der Waals surface area contributed by atoms with E-state index in [4.69, 9.17) is 0 Å². The summed E-state index contributed by atoms with van der Waals surface area (Å²) in [5, 5.41) is 9.56. The van der Waals surface area contributed by atoms with Crippen molar-refractivity contribution in [2.45, 2.75) is 13.8 Å². The van der Waals surface area contributed by atoms with Crippen molar-refractivity contribution in [3.8, 4) is 0 Å². The van der Waals surface area contributed by atoms with Crippen LogP contribution in [0.5, 0.6) is 0 Å². The molecule has 0 radical (unpaired) electrons. The first kappa shape index (κ1) is 13.2. The number of carbonyl (C=O) groups is 1. The topological polar surface area (TPSA) is 66.4 Å². The fourth-order valence-electron chi connectivity index (χ4n) is 1.48. The summed E-state index contributed by atoms with van der Waals surface area (Å²) in [6, 6.07) is 7.46. The third-order valence-corrected chi connectivity index (χ3v) is 3.12. The summed E-state index contributed by atoms with van der Waals surface area (Å²) in [6.07, 6.45) is 1.65. The molecule has 2 N–H and O–H groups in total. The van der Waals surface area contributed by atoms with E-state index in [1.165, 1.54) is 18.3 Å². The van der Waals surface area contributed by atoms with Gasteiger partial charge in [-0.15, -0.1) is 11.3 Å². The Morgan fingerprint density at radius 3 is 2.89 bits per heavy atom. The van der Waals surface area contributed by atoms with E-state index in [9.17, 15) is 4.79 Å². The molecule has 0 bridgehead atoms. The molecule has 0 saturated heterocycles. The molecule has 1 aromatic heterocycles. The molecule has 1 aromatic carbocycles. The van der Waals surface area contributed by atoms with Crippen LogP contribution in [0.15, 0.2) is 34.7 Å². The van der Waals surface area contributed by atoms with Crippen LogP contribution in [0.2, 0.25) is 0 Å². The quantitative estimate of drug-likeness (QED) is 0.665. The van der Waals surface area contributed by atoms with E-state index in [2.05, 4.69) is 20.8 Å². The molecule has 19 heavy (non-hydrogen) atoms. The number of nitrogens with one attached hydrogen (secondary N) is 2. The molecule has 98 valence electrons. The largest absolute Gasteiger partial charge is 0.326 e. The highest BCUT2D eigenvalue weighted by Gasteiger charge is 2.00. The van der Waals surface area contributed by atoms with Gasteiger partial charge in [0.15, 0.2) is 0 Å². The normalized spacial score (nSPS) is 10.6. The molecular weight excluding hydrogens is 260 g/mol. The number of aromatic nitrogens is 1. The van der Waals surface area contributed by atoms with Gasteiger partial charge in [0.2, 0.25) is 11.0 Å². The van der Waals surface area contributed by atoms with Gasteiger partial charge < -0.3 is 5.32 Å². The van der Waals surface area contributed by atoms with E-state index >= 15 is 0 Å². The number of thiazole rings is 1. The van der Waals surface area contributed by atoms with Crippen LogP contribution < -0.4 is 10.7 Å². The Hall–Kier alpha value is -2.21. The smallest absolute Gasteiger partial charge is 0.221 e. The molecular formula is C13H14N4OS. The highest BCUT2D eigenvalue weighted by Crippen LogP contribution is 2.15. The van der Waals surface area contributed by atoms with Gasteiger partial charge in [-0.25, -0.2) is 4.98 Å². The second-order valence-corrected chi connectivity index (χ2v) is 4.79. The number of hydrazone groups is 1. The standard InChI is InChI=1S/C13H14N4OS/c1-9-8-19-13(15-9)17-14-7-11-5-3-4-6-12(11)16-10(2)18/h3-8H,1-2H3,(H,15,17)(H,16,18). The molecule has 2 aromatic rings. The molecule has 0 unspecified atom stereocenters. The first-order valence-corrected chi connectivity index (χ1v) is 6.61. The number of aryl methyl sites for hydroxylation is 1. The molecule has 1 heterocycles. The fourth-order valence-corrected chi connectivity index (χ4v) is 2.11. The SMILES string of the molecule is CC(=O)Nc1ccccc1C=NNc1nc(C)cs1. The average Bonchev–Trinajstić information content (AvgIpc) is 2.77. The van der Waals surface area contributed by atoms with Gasteiger partial charge in [0.05, 0.1) is 11.9 Å². The number of rotatable bonds is 4. The van der Waals surface area contributed by atoms with Crippen LogP contribution in [-0.4, -0.2) is 17.1 Å². The third kappa shape index (κ3) is 3.89. The van der Waals surface area contributed by atoms with Crippen LogP contribution in [0, 0.1) is 6.92 Å². The number of amides is 1. The number of benzene rings is 1. The molecule has 0 fully saturated rings. The molecule has 0 aliphatic carbocycles. The molecule has 0 spiro atoms. The monoisotopic (exact) mass is 274 g/mol. The Balaban J connectivity index is 2.07. The fraction of sp³-hybridized carbons (Fsp3) is 0.154. The minimum atomic E-state index is -0.107. The van der Waals surface area contributed by atoms with Crippen molar-refractivity contribution in [2.24, 2.45) is 5.10 Å². The summed E-state index contributed by atoms with van der Waals surface area (Å²) in [6.45, 7) is 3.40. The second-order valence-electron chi connectivity index (χ2n) is 3.93. The summed E-state index contributed by atoms with van der Waals surface area (Å²) in [5.41, 5.74) is 5.38. The Bertz CT molecular complexity index is 606. The lowest BCUT2D eigenvalue weighted by Gasteiger charge is -2.05. The van der Waals surface area contributed by atoms with Gasteiger partial charge in [-0.3, -0.25) is 10.2 Å². The summed E-state index contributed by atoms with van der Waals surface area (Å²) in [4.78, 5) is 15.3. The van der Waals surface area contributed by atoms with Crippen molar-refractivity contribution in [2.75, 3.05) is 10.7 Å². The number of hydrogen-bond donors (Lipinski definition) is 2. The van der Waals surface area contributed by atoms with Crippen LogP contribution in [0.1, 0.15) is 18.2 Å². The molecule has 5 nitrogen and oxygen atoms in total. The van der Waals surface area contributed by atoms with Crippen molar-refractivity contribution in [1.29, 1.82) is 0 Å². The number of carbonyl (C=O) groups excluding carboxylic acids is 1. The number of nitrogens with zero attached hydrogens (tertiary/aromatic N) is 2. The van der Waals surface area contributed by atoms with Gasteiger partial charge in [0.1, 0.15) is 0 Å². The van der Waals surface area contributed by atoms with E-state index in [1.54, 1.807) is 6.21 Å². The van der Waals surface area contributed by atoms with Gasteiger partial charge in [-0.1, -0.05) is 18.2 Å². The first-order valence-electron chi connectivity index (χ1n) is 5.73. The van der Waals surface area contributed by atoms with Crippen LogP contribution in [0.3, 0.4) is 0 Å². The first-order chi connectivity index (χ1) is 9.15. The maximum Gasteiger partial charge on any atom is 0.221 e. The average molecular weight is 274 g/mol. The minimum absolute atomic E-state index is 0.107. The van der Waals surface area contributed by atoms with Gasteiger partial charge >= 0.3 is 0 Å². The minimum Gasteiger partial charge on any atom is -0.326 e. The van der Waals surface area contributed by atoms with Gasteiger partial charge in [0, 0.05) is 23.6 Å². The predicted octanol–water partition coefficient (Wildman–Crippen LogP) is 2.86. The molecule has 1 amide bonds. The van der Waals surface area contributed by atoms with Crippen LogP contribution in [-0.2, 0) is 4.79 Å². The zero-order chi connectivity index (χ0) is 13.7. The molecule has 0 saturated carbocycles. The van der Waals surface area contributed by atoms with Crippen LogP contribution in [0.25, 0.3) is 0 Å². The Morgan fingerprint density at radius 2 is 2.21 bits per heavy atom. The van der Waals surface area contributed by atoms with Crippen LogP contribution >= 0.6 is 11.3 Å². The Labute approximate surface area is 115 Å². The Kier molecular flexibility index (Phi) is 4.25. The second kappa shape index (κ2) is 6.10. The maximum absolute atomic E-state index is 11.1. The van der Waals surface area contributed by atoms with Crippen molar-refractivity contribution < 1.29 is 4.79 Å². The summed E-state index contributed by atoms with van der Waals surface area (Å²) in [7, 11) is 0. The zero-order valence-corrected chi connectivity index (χ0v) is 11.5. The number of hydrogen-bond acceptors (Lipinski definition) is 5. The van der Waals surface area contributed by atoms with E-state index in [-0.39, 0.29) is 5.91 Å². The summed E-state index contributed by atoms with van der Waals surface area (Å²) in [5.74, 6) is -0.107. The molecule has 0 aliphatic heterocycles. The summed E-state index contributed by atoms with van der Waals surface area (Å²) >= 11 is 1.49. The van der Waals surface area contributed by atoms with Gasteiger partial charge in [0.25, 0.3) is 0 Å². The maximum atomic E-state index is 11.1. The third-order valence-electron chi connectivity index (χ3n) is 2.25. The molecule has 0 aliphatic rings. The highest BCUT2D eigenvalue weighted by atomic mass is 32.1. The Morgan fingerprint density at radius 1 is 1.42 bits per heavy atom. The zero-order valence-electron chi connectivity index (χ0n) is 10.7. The predicted molar refractivity (Wildman–Crippen MR) is 78.8 cm³/mol.